The number of hydrogen-bond acceptors (Lipinski definition) is 2. The van der Waals surface area contributed by atoms with Crippen molar-refractivity contribution < 1.29 is 14.2 Å². The van der Waals surface area contributed by atoms with Crippen LogP contribution in [0.2, 0.25) is 0 Å². The van der Waals surface area contributed by atoms with Gasteiger partial charge in [0.05, 0.1) is 5.60 Å². The fraction of sp³-hybridized carbons (Fsp3) is 0.571. The van der Waals surface area contributed by atoms with Crippen molar-refractivity contribution in [3.05, 3.63) is 35.1 Å². The standard InChI is InChI=1S/C14H19FO2/c1-10-9-11(15)5-6-12(10)13(16)14(2)7-3-4-8-17-14/h5-6,9,13,16H,3-4,7-8H2,1-2H3. The molecule has 0 aliphatic carbocycles. The normalized spacial score (nSPS) is 26.8. The molecule has 0 amide bonds. The van der Waals surface area contributed by atoms with Crippen LogP contribution in [0.15, 0.2) is 18.2 Å². The first kappa shape index (κ1) is 12.5. The predicted octanol–water partition coefficient (Wildman–Crippen LogP) is 3.13. The molecule has 1 N–H and O–H groups in total. The molecule has 2 rings (SSSR count). The zero-order valence-electron chi connectivity index (χ0n) is 10.4. The van der Waals surface area contributed by atoms with Crippen molar-refractivity contribution in [3.8, 4) is 0 Å². The van der Waals surface area contributed by atoms with Gasteiger partial charge in [-0.05, 0) is 56.4 Å². The lowest BCUT2D eigenvalue weighted by Crippen LogP contribution is -2.39. The maximum absolute atomic E-state index is 13.0. The molecular weight excluding hydrogens is 219 g/mol. The van der Waals surface area contributed by atoms with Gasteiger partial charge in [0.25, 0.3) is 0 Å². The molecule has 1 aliphatic rings. The summed E-state index contributed by atoms with van der Waals surface area (Å²) in [4.78, 5) is 0. The Morgan fingerprint density at radius 1 is 1.41 bits per heavy atom. The second-order valence-corrected chi connectivity index (χ2v) is 5.02. The number of aliphatic hydroxyl groups excluding tert-OH is 1. The molecule has 1 aromatic rings. The highest BCUT2D eigenvalue weighted by atomic mass is 19.1. The highest BCUT2D eigenvalue weighted by molar-refractivity contribution is 5.30. The Labute approximate surface area is 101 Å². The molecule has 0 radical (unpaired) electrons. The van der Waals surface area contributed by atoms with Gasteiger partial charge in [-0.15, -0.1) is 0 Å². The summed E-state index contributed by atoms with van der Waals surface area (Å²) in [6.45, 7) is 4.43. The van der Waals surface area contributed by atoms with Crippen molar-refractivity contribution in [2.45, 2.75) is 44.8 Å². The Morgan fingerprint density at radius 2 is 2.18 bits per heavy atom. The number of ether oxygens (including phenoxy) is 1. The molecule has 0 aromatic heterocycles. The molecule has 1 saturated heterocycles. The minimum Gasteiger partial charge on any atom is -0.385 e. The van der Waals surface area contributed by atoms with E-state index in [4.69, 9.17) is 4.74 Å². The van der Waals surface area contributed by atoms with E-state index in [1.165, 1.54) is 12.1 Å². The predicted molar refractivity (Wildman–Crippen MR) is 64.3 cm³/mol. The Kier molecular flexibility index (Phi) is 3.50. The summed E-state index contributed by atoms with van der Waals surface area (Å²) in [5, 5.41) is 10.4. The van der Waals surface area contributed by atoms with Gasteiger partial charge in [-0.25, -0.2) is 4.39 Å². The van der Waals surface area contributed by atoms with Crippen LogP contribution in [0.4, 0.5) is 4.39 Å². The van der Waals surface area contributed by atoms with Crippen LogP contribution in [-0.4, -0.2) is 17.3 Å². The van der Waals surface area contributed by atoms with Crippen LogP contribution in [0.3, 0.4) is 0 Å². The first-order valence-electron chi connectivity index (χ1n) is 6.11. The molecular formula is C14H19FO2. The van der Waals surface area contributed by atoms with E-state index in [2.05, 4.69) is 0 Å². The zero-order valence-corrected chi connectivity index (χ0v) is 10.4. The van der Waals surface area contributed by atoms with Crippen LogP contribution >= 0.6 is 0 Å². The fourth-order valence-corrected chi connectivity index (χ4v) is 2.45. The van der Waals surface area contributed by atoms with E-state index in [9.17, 15) is 9.50 Å². The van der Waals surface area contributed by atoms with E-state index >= 15 is 0 Å². The molecule has 1 aromatic carbocycles. The van der Waals surface area contributed by atoms with Crippen molar-refractivity contribution in [1.82, 2.24) is 0 Å². The molecule has 2 nitrogen and oxygen atoms in total. The number of benzene rings is 1. The smallest absolute Gasteiger partial charge is 0.123 e. The van der Waals surface area contributed by atoms with Crippen LogP contribution in [-0.2, 0) is 4.74 Å². The summed E-state index contributed by atoms with van der Waals surface area (Å²) < 4.78 is 18.8. The van der Waals surface area contributed by atoms with Crippen LogP contribution in [0, 0.1) is 12.7 Å². The molecule has 1 aliphatic heterocycles. The Bertz CT molecular complexity index is 397. The van der Waals surface area contributed by atoms with Crippen LogP contribution < -0.4 is 0 Å². The summed E-state index contributed by atoms with van der Waals surface area (Å²) >= 11 is 0. The van der Waals surface area contributed by atoms with Gasteiger partial charge in [0.15, 0.2) is 0 Å². The Balaban J connectivity index is 2.26. The minimum absolute atomic E-state index is 0.270. The molecule has 2 atom stereocenters. The average molecular weight is 238 g/mol. The molecule has 1 heterocycles. The first-order valence-corrected chi connectivity index (χ1v) is 6.11. The third-order valence-electron chi connectivity index (χ3n) is 3.60. The lowest BCUT2D eigenvalue weighted by atomic mass is 9.85. The second-order valence-electron chi connectivity index (χ2n) is 5.02. The molecule has 94 valence electrons. The lowest BCUT2D eigenvalue weighted by Gasteiger charge is -2.38. The highest BCUT2D eigenvalue weighted by Gasteiger charge is 2.37. The number of aryl methyl sites for hydroxylation is 1. The molecule has 1 fully saturated rings. The van der Waals surface area contributed by atoms with Crippen molar-refractivity contribution in [1.29, 1.82) is 0 Å². The quantitative estimate of drug-likeness (QED) is 0.857. The number of aliphatic hydroxyl groups is 1. The van der Waals surface area contributed by atoms with E-state index < -0.39 is 11.7 Å². The Hall–Kier alpha value is -0.930. The highest BCUT2D eigenvalue weighted by Crippen LogP contribution is 2.37. The zero-order chi connectivity index (χ0) is 12.5. The SMILES string of the molecule is Cc1cc(F)ccc1C(O)C1(C)CCCCO1. The van der Waals surface area contributed by atoms with Crippen LogP contribution in [0.5, 0.6) is 0 Å². The maximum Gasteiger partial charge on any atom is 0.123 e. The third-order valence-corrected chi connectivity index (χ3v) is 3.60. The molecule has 0 bridgehead atoms. The van der Waals surface area contributed by atoms with Crippen molar-refractivity contribution in [3.63, 3.8) is 0 Å². The molecule has 0 spiro atoms. The van der Waals surface area contributed by atoms with Gasteiger partial charge < -0.3 is 9.84 Å². The van der Waals surface area contributed by atoms with Gasteiger partial charge >= 0.3 is 0 Å². The average Bonchev–Trinajstić information content (AvgIpc) is 2.29. The van der Waals surface area contributed by atoms with Crippen molar-refractivity contribution >= 4 is 0 Å². The monoisotopic (exact) mass is 238 g/mol. The molecule has 0 saturated carbocycles. The minimum atomic E-state index is -0.691. The molecule has 17 heavy (non-hydrogen) atoms. The van der Waals surface area contributed by atoms with Gasteiger partial charge in [-0.3, -0.25) is 0 Å². The van der Waals surface area contributed by atoms with E-state index in [0.717, 1.165) is 30.4 Å². The Morgan fingerprint density at radius 3 is 2.76 bits per heavy atom. The van der Waals surface area contributed by atoms with E-state index in [1.54, 1.807) is 6.07 Å². The second kappa shape index (κ2) is 4.75. The maximum atomic E-state index is 13.0. The van der Waals surface area contributed by atoms with Gasteiger partial charge in [0.2, 0.25) is 0 Å². The number of halogens is 1. The van der Waals surface area contributed by atoms with E-state index in [-0.39, 0.29) is 5.82 Å². The topological polar surface area (TPSA) is 29.5 Å². The fourth-order valence-electron chi connectivity index (χ4n) is 2.45. The summed E-state index contributed by atoms with van der Waals surface area (Å²) in [7, 11) is 0. The van der Waals surface area contributed by atoms with Crippen LogP contribution in [0.25, 0.3) is 0 Å². The van der Waals surface area contributed by atoms with Gasteiger partial charge in [-0.2, -0.15) is 0 Å². The largest absolute Gasteiger partial charge is 0.385 e. The van der Waals surface area contributed by atoms with E-state index in [1.807, 2.05) is 13.8 Å². The lowest BCUT2D eigenvalue weighted by molar-refractivity contribution is -0.138. The summed E-state index contributed by atoms with van der Waals surface area (Å²) in [6, 6.07) is 4.49. The first-order chi connectivity index (χ1) is 8.03. The van der Waals surface area contributed by atoms with E-state index in [0.29, 0.717) is 6.61 Å². The summed E-state index contributed by atoms with van der Waals surface area (Å²) in [6.07, 6.45) is 2.26. The van der Waals surface area contributed by atoms with Crippen LogP contribution in [0.1, 0.15) is 43.4 Å². The summed E-state index contributed by atoms with van der Waals surface area (Å²) in [5.41, 5.74) is 0.990. The number of hydrogen-bond donors (Lipinski definition) is 1. The number of rotatable bonds is 2. The van der Waals surface area contributed by atoms with Gasteiger partial charge in [-0.1, -0.05) is 6.07 Å². The van der Waals surface area contributed by atoms with Gasteiger partial charge in [0.1, 0.15) is 11.9 Å². The van der Waals surface area contributed by atoms with Crippen molar-refractivity contribution in [2.75, 3.05) is 6.61 Å². The summed E-state index contributed by atoms with van der Waals surface area (Å²) in [5.74, 6) is -0.270. The molecule has 2 unspecified atom stereocenters. The molecule has 3 heteroatoms. The van der Waals surface area contributed by atoms with Gasteiger partial charge in [0, 0.05) is 6.61 Å². The van der Waals surface area contributed by atoms with Crippen molar-refractivity contribution in [2.24, 2.45) is 0 Å². The third kappa shape index (κ3) is 2.50.